The molecule has 18 heavy (non-hydrogen) atoms. The summed E-state index contributed by atoms with van der Waals surface area (Å²) in [6.45, 7) is 3.30. The van der Waals surface area contributed by atoms with Crippen molar-refractivity contribution in [3.63, 3.8) is 0 Å². The Morgan fingerprint density at radius 2 is 2.00 bits per heavy atom. The summed E-state index contributed by atoms with van der Waals surface area (Å²) in [7, 11) is 0. The van der Waals surface area contributed by atoms with Gasteiger partial charge in [0, 0.05) is 4.83 Å². The minimum Gasteiger partial charge on any atom is -0.493 e. The van der Waals surface area contributed by atoms with Gasteiger partial charge in [-0.15, -0.1) is 0 Å². The van der Waals surface area contributed by atoms with Crippen molar-refractivity contribution in [2.24, 2.45) is 5.41 Å². The van der Waals surface area contributed by atoms with E-state index >= 15 is 0 Å². The van der Waals surface area contributed by atoms with E-state index in [0.29, 0.717) is 10.2 Å². The number of fused-ring (bicyclic) bond motifs is 1. The number of rotatable bonds is 2. The molecule has 1 aromatic carbocycles. The molecule has 1 saturated carbocycles. The third kappa shape index (κ3) is 2.20. The van der Waals surface area contributed by atoms with Gasteiger partial charge in [-0.3, -0.25) is 0 Å². The van der Waals surface area contributed by atoms with Crippen molar-refractivity contribution in [1.29, 1.82) is 0 Å². The van der Waals surface area contributed by atoms with E-state index in [1.165, 1.54) is 43.2 Å². The Labute approximate surface area is 118 Å². The van der Waals surface area contributed by atoms with Crippen LogP contribution in [-0.4, -0.2) is 6.61 Å². The topological polar surface area (TPSA) is 9.23 Å². The van der Waals surface area contributed by atoms with Crippen molar-refractivity contribution in [3.05, 3.63) is 29.3 Å². The van der Waals surface area contributed by atoms with E-state index in [1.54, 1.807) is 0 Å². The Morgan fingerprint density at radius 3 is 2.78 bits per heavy atom. The molecule has 1 atom stereocenters. The van der Waals surface area contributed by atoms with Crippen LogP contribution in [0, 0.1) is 5.41 Å². The zero-order chi connectivity index (χ0) is 12.6. The smallest absolute Gasteiger partial charge is 0.122 e. The van der Waals surface area contributed by atoms with Crippen LogP contribution in [0.2, 0.25) is 0 Å². The lowest BCUT2D eigenvalue weighted by atomic mass is 9.81. The lowest BCUT2D eigenvalue weighted by Gasteiger charge is -2.31. The number of ether oxygens (including phenoxy) is 1. The molecule has 1 aliphatic carbocycles. The van der Waals surface area contributed by atoms with Crippen molar-refractivity contribution < 1.29 is 4.74 Å². The van der Waals surface area contributed by atoms with Gasteiger partial charge in [0.15, 0.2) is 0 Å². The number of halogens is 1. The SMILES string of the molecule is CC1(C(Br)c2ccc3c(c2)CCCO3)CCCC1. The molecule has 0 aromatic heterocycles. The van der Waals surface area contributed by atoms with Gasteiger partial charge >= 0.3 is 0 Å². The fraction of sp³-hybridized carbons (Fsp3) is 0.625. The molecule has 1 aromatic rings. The highest BCUT2D eigenvalue weighted by Gasteiger charge is 2.36. The predicted octanol–water partition coefficient (Wildman–Crippen LogP) is 5.03. The van der Waals surface area contributed by atoms with Gasteiger partial charge in [-0.25, -0.2) is 0 Å². The van der Waals surface area contributed by atoms with Crippen LogP contribution in [0.5, 0.6) is 5.75 Å². The normalized spacial score (nSPS) is 23.2. The second-order valence-corrected chi connectivity index (χ2v) is 6.96. The van der Waals surface area contributed by atoms with Gasteiger partial charge in [-0.1, -0.05) is 47.8 Å². The molecular weight excluding hydrogens is 288 g/mol. The third-order valence-corrected chi connectivity index (χ3v) is 6.22. The van der Waals surface area contributed by atoms with Crippen molar-refractivity contribution in [3.8, 4) is 5.75 Å². The summed E-state index contributed by atoms with van der Waals surface area (Å²) in [4.78, 5) is 0.486. The van der Waals surface area contributed by atoms with Crippen molar-refractivity contribution >= 4 is 15.9 Å². The van der Waals surface area contributed by atoms with E-state index in [2.05, 4.69) is 41.1 Å². The van der Waals surface area contributed by atoms with Crippen LogP contribution in [0.3, 0.4) is 0 Å². The van der Waals surface area contributed by atoms with Gasteiger partial charge in [0.1, 0.15) is 5.75 Å². The second kappa shape index (κ2) is 4.88. The Balaban J connectivity index is 1.87. The first-order chi connectivity index (χ1) is 8.69. The quantitative estimate of drug-likeness (QED) is 0.696. The minimum absolute atomic E-state index is 0.434. The third-order valence-electron chi connectivity index (χ3n) is 4.58. The molecule has 1 nitrogen and oxygen atoms in total. The number of benzene rings is 1. The molecule has 0 radical (unpaired) electrons. The molecule has 0 amide bonds. The van der Waals surface area contributed by atoms with E-state index < -0.39 is 0 Å². The molecule has 98 valence electrons. The number of alkyl halides is 1. The van der Waals surface area contributed by atoms with Gasteiger partial charge in [0.25, 0.3) is 0 Å². The monoisotopic (exact) mass is 308 g/mol. The summed E-state index contributed by atoms with van der Waals surface area (Å²) in [5, 5.41) is 0. The van der Waals surface area contributed by atoms with Crippen molar-refractivity contribution in [1.82, 2.24) is 0 Å². The van der Waals surface area contributed by atoms with Gasteiger partial charge < -0.3 is 4.74 Å². The van der Waals surface area contributed by atoms with Crippen LogP contribution in [-0.2, 0) is 6.42 Å². The summed E-state index contributed by atoms with van der Waals surface area (Å²) >= 11 is 3.96. The van der Waals surface area contributed by atoms with E-state index in [9.17, 15) is 0 Å². The van der Waals surface area contributed by atoms with Gasteiger partial charge in [0.05, 0.1) is 6.61 Å². The number of hydrogen-bond acceptors (Lipinski definition) is 1. The zero-order valence-corrected chi connectivity index (χ0v) is 12.6. The summed E-state index contributed by atoms with van der Waals surface area (Å²) in [5.74, 6) is 1.10. The lowest BCUT2D eigenvalue weighted by Crippen LogP contribution is -2.18. The molecule has 0 spiro atoms. The van der Waals surface area contributed by atoms with E-state index in [-0.39, 0.29) is 0 Å². The first-order valence-corrected chi connectivity index (χ1v) is 8.00. The summed E-state index contributed by atoms with van der Waals surface area (Å²) in [6, 6.07) is 6.76. The molecule has 1 fully saturated rings. The van der Waals surface area contributed by atoms with Crippen LogP contribution < -0.4 is 4.74 Å². The maximum atomic E-state index is 5.69. The largest absolute Gasteiger partial charge is 0.493 e. The van der Waals surface area contributed by atoms with Gasteiger partial charge in [-0.2, -0.15) is 0 Å². The molecule has 2 aliphatic rings. The molecule has 1 heterocycles. The fourth-order valence-electron chi connectivity index (χ4n) is 3.38. The number of hydrogen-bond donors (Lipinski definition) is 0. The first-order valence-electron chi connectivity index (χ1n) is 7.09. The average Bonchev–Trinajstić information content (AvgIpc) is 2.85. The predicted molar refractivity (Wildman–Crippen MR) is 78.5 cm³/mol. The van der Waals surface area contributed by atoms with Crippen molar-refractivity contribution in [2.45, 2.75) is 50.3 Å². The molecule has 0 bridgehead atoms. The minimum atomic E-state index is 0.434. The van der Waals surface area contributed by atoms with E-state index in [1.807, 2.05) is 0 Å². The van der Waals surface area contributed by atoms with Crippen LogP contribution in [0.4, 0.5) is 0 Å². The average molecular weight is 309 g/mol. The van der Waals surface area contributed by atoms with Crippen LogP contribution >= 0.6 is 15.9 Å². The lowest BCUT2D eigenvalue weighted by molar-refractivity contribution is 0.287. The Hall–Kier alpha value is -0.500. The molecule has 0 N–H and O–H groups in total. The fourth-order valence-corrected chi connectivity index (χ4v) is 4.12. The molecular formula is C16H21BrO. The van der Waals surface area contributed by atoms with E-state index in [0.717, 1.165) is 18.8 Å². The van der Waals surface area contributed by atoms with Crippen molar-refractivity contribution in [2.75, 3.05) is 6.61 Å². The standard InChI is InChI=1S/C16H21BrO/c1-16(8-2-3-9-16)15(17)13-6-7-14-12(11-13)5-4-10-18-14/h6-7,11,15H,2-5,8-10H2,1H3. The number of aryl methyl sites for hydroxylation is 1. The van der Waals surface area contributed by atoms with Gasteiger partial charge in [-0.05, 0) is 48.3 Å². The van der Waals surface area contributed by atoms with Gasteiger partial charge in [0.2, 0.25) is 0 Å². The molecule has 1 aliphatic heterocycles. The molecule has 1 unspecified atom stereocenters. The van der Waals surface area contributed by atoms with Crippen LogP contribution in [0.25, 0.3) is 0 Å². The Kier molecular flexibility index (Phi) is 3.40. The summed E-state index contributed by atoms with van der Waals surface area (Å²) in [6.07, 6.45) is 7.77. The maximum Gasteiger partial charge on any atom is 0.122 e. The highest BCUT2D eigenvalue weighted by molar-refractivity contribution is 9.09. The highest BCUT2D eigenvalue weighted by Crippen LogP contribution is 2.52. The first kappa shape index (κ1) is 12.5. The Bertz CT molecular complexity index is 435. The summed E-state index contributed by atoms with van der Waals surface area (Å²) in [5.41, 5.74) is 3.26. The summed E-state index contributed by atoms with van der Waals surface area (Å²) < 4.78 is 5.69. The maximum absolute atomic E-state index is 5.69. The Morgan fingerprint density at radius 1 is 1.22 bits per heavy atom. The van der Waals surface area contributed by atoms with E-state index in [4.69, 9.17) is 4.74 Å². The molecule has 3 rings (SSSR count). The van der Waals surface area contributed by atoms with Crippen LogP contribution in [0.1, 0.15) is 55.0 Å². The zero-order valence-electron chi connectivity index (χ0n) is 11.0. The highest BCUT2D eigenvalue weighted by atomic mass is 79.9. The second-order valence-electron chi connectivity index (χ2n) is 6.04. The van der Waals surface area contributed by atoms with Crippen LogP contribution in [0.15, 0.2) is 18.2 Å². The molecule has 0 saturated heterocycles. The molecule has 2 heteroatoms.